The van der Waals surface area contributed by atoms with Crippen LogP contribution in [-0.2, 0) is 0 Å². The monoisotopic (exact) mass is 261 g/mol. The summed E-state index contributed by atoms with van der Waals surface area (Å²) in [7, 11) is 0. The lowest BCUT2D eigenvalue weighted by Crippen LogP contribution is -2.25. The molecule has 0 saturated heterocycles. The van der Waals surface area contributed by atoms with E-state index in [-0.39, 0.29) is 11.1 Å². The first-order chi connectivity index (χ1) is 8.99. The van der Waals surface area contributed by atoms with Gasteiger partial charge in [0, 0.05) is 16.7 Å². The minimum absolute atomic E-state index is 0.107. The number of carbonyl (C=O) groups excluding carboxylic acids is 2. The smallest absolute Gasteiger partial charge is 0.193 e. The van der Waals surface area contributed by atoms with Gasteiger partial charge in [-0.1, -0.05) is 0 Å². The summed E-state index contributed by atoms with van der Waals surface area (Å²) in [6, 6.07) is 7.35. The number of aromatic carboxylic acids is 1. The quantitative estimate of drug-likeness (QED) is 0.788. The van der Waals surface area contributed by atoms with E-state index in [4.69, 9.17) is 0 Å². The van der Waals surface area contributed by atoms with Gasteiger partial charge in [-0.25, -0.2) is 8.78 Å². The van der Waals surface area contributed by atoms with Gasteiger partial charge in [0.15, 0.2) is 5.78 Å². The van der Waals surface area contributed by atoms with Gasteiger partial charge in [-0.15, -0.1) is 0 Å². The van der Waals surface area contributed by atoms with Crippen LogP contribution in [0.4, 0.5) is 8.78 Å². The number of carbonyl (C=O) groups is 2. The maximum absolute atomic E-state index is 13.0. The lowest BCUT2D eigenvalue weighted by Gasteiger charge is -2.09. The summed E-state index contributed by atoms with van der Waals surface area (Å²) in [6.07, 6.45) is 0. The van der Waals surface area contributed by atoms with Gasteiger partial charge in [-0.2, -0.15) is 0 Å². The Balaban J connectivity index is 2.49. The minimum atomic E-state index is -1.65. The molecule has 0 atom stereocenters. The molecule has 0 saturated carbocycles. The number of rotatable bonds is 3. The second-order valence-electron chi connectivity index (χ2n) is 3.81. The van der Waals surface area contributed by atoms with Gasteiger partial charge in [-0.3, -0.25) is 4.79 Å². The predicted octanol–water partition coefficient (Wildman–Crippen LogP) is 1.56. The van der Waals surface area contributed by atoms with Crippen LogP contribution in [0.15, 0.2) is 42.5 Å². The van der Waals surface area contributed by atoms with Crippen molar-refractivity contribution >= 4 is 11.8 Å². The summed E-state index contributed by atoms with van der Waals surface area (Å²) in [4.78, 5) is 22.9. The molecule has 0 radical (unpaired) electrons. The van der Waals surface area contributed by atoms with Gasteiger partial charge in [0.2, 0.25) is 0 Å². The summed E-state index contributed by atoms with van der Waals surface area (Å²) in [5.41, 5.74) is -0.627. The van der Waals surface area contributed by atoms with Crippen molar-refractivity contribution in [2.45, 2.75) is 0 Å². The Labute approximate surface area is 107 Å². The molecular formula is C14H7F2O3-. The Morgan fingerprint density at radius 2 is 1.42 bits per heavy atom. The van der Waals surface area contributed by atoms with E-state index in [9.17, 15) is 23.5 Å². The molecule has 0 amide bonds. The number of ketones is 1. The van der Waals surface area contributed by atoms with Crippen molar-refractivity contribution < 1.29 is 23.5 Å². The molecule has 0 bridgehead atoms. The zero-order valence-electron chi connectivity index (χ0n) is 9.52. The molecule has 19 heavy (non-hydrogen) atoms. The highest BCUT2D eigenvalue weighted by atomic mass is 19.1. The van der Waals surface area contributed by atoms with Crippen LogP contribution in [0.25, 0.3) is 0 Å². The van der Waals surface area contributed by atoms with Gasteiger partial charge in [-0.05, 0) is 42.5 Å². The molecule has 2 aromatic rings. The molecule has 5 heteroatoms. The lowest BCUT2D eigenvalue weighted by molar-refractivity contribution is -0.255. The number of benzene rings is 2. The third kappa shape index (κ3) is 2.65. The van der Waals surface area contributed by atoms with Crippen molar-refractivity contribution in [3.8, 4) is 0 Å². The standard InChI is InChI=1S/C14H8F2O3/c15-9-3-1-8(2-4-9)13(17)11-6-5-10(16)7-12(11)14(18)19/h1-7H,(H,18,19)/p-1. The van der Waals surface area contributed by atoms with Gasteiger partial charge in [0.1, 0.15) is 11.6 Å². The predicted molar refractivity (Wildman–Crippen MR) is 60.6 cm³/mol. The molecule has 0 heterocycles. The Morgan fingerprint density at radius 1 is 0.842 bits per heavy atom. The van der Waals surface area contributed by atoms with Crippen molar-refractivity contribution in [2.75, 3.05) is 0 Å². The molecule has 0 N–H and O–H groups in total. The van der Waals surface area contributed by atoms with Crippen molar-refractivity contribution in [1.82, 2.24) is 0 Å². The molecule has 2 rings (SSSR count). The van der Waals surface area contributed by atoms with E-state index in [0.29, 0.717) is 6.07 Å². The highest BCUT2D eigenvalue weighted by Gasteiger charge is 2.15. The third-order valence-electron chi connectivity index (χ3n) is 2.55. The topological polar surface area (TPSA) is 57.2 Å². The molecule has 0 fully saturated rings. The zero-order chi connectivity index (χ0) is 14.0. The van der Waals surface area contributed by atoms with Crippen LogP contribution < -0.4 is 5.11 Å². The Kier molecular flexibility index (Phi) is 3.37. The molecule has 0 aliphatic heterocycles. The molecular weight excluding hydrogens is 254 g/mol. The second-order valence-corrected chi connectivity index (χ2v) is 3.81. The van der Waals surface area contributed by atoms with Crippen molar-refractivity contribution in [1.29, 1.82) is 0 Å². The molecule has 0 aromatic heterocycles. The van der Waals surface area contributed by atoms with Gasteiger partial charge >= 0.3 is 0 Å². The fourth-order valence-electron chi connectivity index (χ4n) is 1.64. The summed E-state index contributed by atoms with van der Waals surface area (Å²) in [5.74, 6) is -3.59. The summed E-state index contributed by atoms with van der Waals surface area (Å²) >= 11 is 0. The number of hydrogen-bond acceptors (Lipinski definition) is 3. The molecule has 2 aromatic carbocycles. The molecule has 0 aliphatic rings. The van der Waals surface area contributed by atoms with E-state index in [0.717, 1.165) is 24.3 Å². The van der Waals surface area contributed by atoms with Gasteiger partial charge in [0.25, 0.3) is 0 Å². The third-order valence-corrected chi connectivity index (χ3v) is 2.55. The molecule has 0 unspecified atom stereocenters. The van der Waals surface area contributed by atoms with Gasteiger partial charge < -0.3 is 9.90 Å². The van der Waals surface area contributed by atoms with Crippen molar-refractivity contribution in [2.24, 2.45) is 0 Å². The van der Waals surface area contributed by atoms with Crippen LogP contribution in [-0.4, -0.2) is 11.8 Å². The first-order valence-electron chi connectivity index (χ1n) is 5.30. The maximum atomic E-state index is 13.0. The van der Waals surface area contributed by atoms with Crippen LogP contribution >= 0.6 is 0 Å². The average molecular weight is 261 g/mol. The van der Waals surface area contributed by atoms with E-state index in [2.05, 4.69) is 0 Å². The second kappa shape index (κ2) is 4.97. The molecule has 96 valence electrons. The minimum Gasteiger partial charge on any atom is -0.545 e. The molecule has 3 nitrogen and oxygen atoms in total. The van der Waals surface area contributed by atoms with Crippen LogP contribution in [0.3, 0.4) is 0 Å². The average Bonchev–Trinajstić information content (AvgIpc) is 2.38. The van der Waals surface area contributed by atoms with Crippen LogP contribution in [0.5, 0.6) is 0 Å². The summed E-state index contributed by atoms with van der Waals surface area (Å²) in [6.45, 7) is 0. The first kappa shape index (κ1) is 12.9. The van der Waals surface area contributed by atoms with Crippen molar-refractivity contribution in [3.05, 3.63) is 70.8 Å². The van der Waals surface area contributed by atoms with Gasteiger partial charge in [0.05, 0.1) is 5.97 Å². The largest absolute Gasteiger partial charge is 0.545 e. The van der Waals surface area contributed by atoms with Crippen LogP contribution in [0, 0.1) is 11.6 Å². The fourth-order valence-corrected chi connectivity index (χ4v) is 1.64. The first-order valence-corrected chi connectivity index (χ1v) is 5.30. The van der Waals surface area contributed by atoms with E-state index in [1.54, 1.807) is 0 Å². The summed E-state index contributed by atoms with van der Waals surface area (Å²) in [5, 5.41) is 10.9. The van der Waals surface area contributed by atoms with Crippen molar-refractivity contribution in [3.63, 3.8) is 0 Å². The highest BCUT2D eigenvalue weighted by Crippen LogP contribution is 2.16. The molecule has 0 spiro atoms. The number of carboxylic acid groups (broad SMARTS) is 1. The number of carboxylic acids is 1. The highest BCUT2D eigenvalue weighted by molar-refractivity contribution is 6.13. The number of halogens is 2. The Bertz CT molecular complexity index is 648. The van der Waals surface area contributed by atoms with E-state index < -0.39 is 29.0 Å². The van der Waals surface area contributed by atoms with E-state index in [1.165, 1.54) is 12.1 Å². The van der Waals surface area contributed by atoms with Crippen LogP contribution in [0.1, 0.15) is 26.3 Å². The lowest BCUT2D eigenvalue weighted by atomic mass is 9.98. The molecule has 0 aliphatic carbocycles. The SMILES string of the molecule is O=C([O-])c1cc(F)ccc1C(=O)c1ccc(F)cc1. The number of hydrogen-bond donors (Lipinski definition) is 0. The maximum Gasteiger partial charge on any atom is 0.193 e. The van der Waals surface area contributed by atoms with E-state index >= 15 is 0 Å². The van der Waals surface area contributed by atoms with Crippen LogP contribution in [0.2, 0.25) is 0 Å². The Morgan fingerprint density at radius 3 is 2.00 bits per heavy atom. The fraction of sp³-hybridized carbons (Fsp3) is 0. The Hall–Kier alpha value is -2.56. The zero-order valence-corrected chi connectivity index (χ0v) is 9.52. The summed E-state index contributed by atoms with van der Waals surface area (Å²) < 4.78 is 25.7. The van der Waals surface area contributed by atoms with E-state index in [1.807, 2.05) is 0 Å². The normalized spacial score (nSPS) is 10.2.